The predicted molar refractivity (Wildman–Crippen MR) is 132 cm³/mol. The first-order valence-electron chi connectivity index (χ1n) is 10.9. The summed E-state index contributed by atoms with van der Waals surface area (Å²) >= 11 is 0. The number of piperidine rings is 2. The van der Waals surface area contributed by atoms with Crippen molar-refractivity contribution in [2.45, 2.75) is 56.8 Å². The fourth-order valence-electron chi connectivity index (χ4n) is 4.69. The summed E-state index contributed by atoms with van der Waals surface area (Å²) in [5.41, 5.74) is -0.801. The summed E-state index contributed by atoms with van der Waals surface area (Å²) in [5.74, 6) is -0.455. The minimum absolute atomic E-state index is 0. The van der Waals surface area contributed by atoms with Crippen LogP contribution < -0.4 is 5.32 Å². The molecule has 0 aliphatic carbocycles. The molecule has 1 atom stereocenters. The minimum Gasteiger partial charge on any atom is -0.465 e. The molecule has 1 unspecified atom stereocenters. The average Bonchev–Trinajstić information content (AvgIpc) is 3.18. The zero-order valence-electron chi connectivity index (χ0n) is 18.8. The van der Waals surface area contributed by atoms with E-state index < -0.39 is 23.7 Å². The molecule has 2 N–H and O–H groups in total. The van der Waals surface area contributed by atoms with Gasteiger partial charge in [-0.25, -0.2) is 14.2 Å². The molecule has 13 heteroatoms. The first-order valence-corrected chi connectivity index (χ1v) is 10.9. The second-order valence-electron chi connectivity index (χ2n) is 8.48. The van der Waals surface area contributed by atoms with Gasteiger partial charge in [0.15, 0.2) is 0 Å². The number of nitrogens with zero attached hydrogens (tertiary/aromatic N) is 3. The minimum atomic E-state index is -4.80. The fourth-order valence-corrected chi connectivity index (χ4v) is 4.69. The molecular weight excluding hydrogens is 535 g/mol. The second kappa shape index (κ2) is 13.0. The van der Waals surface area contributed by atoms with E-state index in [0.717, 1.165) is 63.2 Å². The van der Waals surface area contributed by atoms with Gasteiger partial charge in [0.1, 0.15) is 11.6 Å². The van der Waals surface area contributed by atoms with Gasteiger partial charge >= 0.3 is 12.3 Å². The maximum atomic E-state index is 13.8. The monoisotopic (exact) mass is 562 g/mol. The number of alkyl halides is 3. The van der Waals surface area contributed by atoms with E-state index in [9.17, 15) is 27.5 Å². The molecular formula is C22H29Cl3F4N4O2. The van der Waals surface area contributed by atoms with Crippen molar-refractivity contribution in [2.24, 2.45) is 0 Å². The van der Waals surface area contributed by atoms with Crippen molar-refractivity contribution >= 4 is 43.3 Å². The van der Waals surface area contributed by atoms with Crippen molar-refractivity contribution in [3.63, 3.8) is 0 Å². The summed E-state index contributed by atoms with van der Waals surface area (Å²) < 4.78 is 55.3. The highest BCUT2D eigenvalue weighted by atomic mass is 35.5. The highest BCUT2D eigenvalue weighted by molar-refractivity contribution is 5.86. The standard InChI is InChI=1S/C22H26F4N4O2.3ClH/c23-18-5-4-15(11-17(18)22(24,25)26)19-13-29(20(28-19)14-6-8-27-9-7-14)12-16-3-1-2-10-30(16)21(31)32;;;/h4-5,11,13-14,16,27H,1-3,6-10,12H2,(H,31,32);3*1H. The molecule has 0 bridgehead atoms. The molecule has 35 heavy (non-hydrogen) atoms. The van der Waals surface area contributed by atoms with Crippen molar-refractivity contribution in [3.8, 4) is 11.3 Å². The lowest BCUT2D eigenvalue weighted by Gasteiger charge is -2.34. The van der Waals surface area contributed by atoms with Crippen molar-refractivity contribution in [1.82, 2.24) is 19.8 Å². The van der Waals surface area contributed by atoms with Crippen LogP contribution in [0.15, 0.2) is 24.4 Å². The Hall–Kier alpha value is -1.75. The normalized spacial score (nSPS) is 18.7. The van der Waals surface area contributed by atoms with Crippen LogP contribution in [0.2, 0.25) is 0 Å². The Morgan fingerprint density at radius 2 is 1.80 bits per heavy atom. The van der Waals surface area contributed by atoms with E-state index in [4.69, 9.17) is 0 Å². The molecule has 0 spiro atoms. The van der Waals surface area contributed by atoms with E-state index in [2.05, 4.69) is 10.3 Å². The van der Waals surface area contributed by atoms with E-state index in [-0.39, 0.29) is 54.7 Å². The van der Waals surface area contributed by atoms with E-state index in [1.165, 1.54) is 11.0 Å². The van der Waals surface area contributed by atoms with Crippen LogP contribution in [-0.2, 0) is 12.7 Å². The maximum absolute atomic E-state index is 13.8. The summed E-state index contributed by atoms with van der Waals surface area (Å²) in [6, 6.07) is 2.68. The molecule has 2 saturated heterocycles. The zero-order valence-corrected chi connectivity index (χ0v) is 21.2. The fraction of sp³-hybridized carbons (Fsp3) is 0.545. The Morgan fingerprint density at radius 1 is 1.11 bits per heavy atom. The highest BCUT2D eigenvalue weighted by Gasteiger charge is 2.35. The van der Waals surface area contributed by atoms with Gasteiger partial charge in [-0.1, -0.05) is 0 Å². The number of hydrogen-bond donors (Lipinski definition) is 2. The third-order valence-corrected chi connectivity index (χ3v) is 6.36. The number of carboxylic acid groups (broad SMARTS) is 1. The maximum Gasteiger partial charge on any atom is 0.419 e. The molecule has 2 aliphatic rings. The number of carbonyl (C=O) groups is 1. The molecule has 2 fully saturated rings. The number of amides is 1. The van der Waals surface area contributed by atoms with Crippen molar-refractivity contribution < 1.29 is 27.5 Å². The van der Waals surface area contributed by atoms with Crippen LogP contribution in [-0.4, -0.2) is 51.3 Å². The van der Waals surface area contributed by atoms with Gasteiger partial charge < -0.3 is 19.9 Å². The van der Waals surface area contributed by atoms with Gasteiger partial charge in [-0.15, -0.1) is 37.2 Å². The van der Waals surface area contributed by atoms with E-state index in [1.54, 1.807) is 6.20 Å². The molecule has 1 aromatic carbocycles. The number of hydrogen-bond acceptors (Lipinski definition) is 3. The Kier molecular flexibility index (Phi) is 11.6. The number of nitrogens with one attached hydrogen (secondary N) is 1. The number of benzene rings is 1. The van der Waals surface area contributed by atoms with Gasteiger partial charge in [0, 0.05) is 30.8 Å². The first kappa shape index (κ1) is 31.3. The van der Waals surface area contributed by atoms with Crippen molar-refractivity contribution in [3.05, 3.63) is 41.6 Å². The van der Waals surface area contributed by atoms with E-state index in [1.807, 2.05) is 4.57 Å². The third-order valence-electron chi connectivity index (χ3n) is 6.36. The number of aromatic nitrogens is 2. The van der Waals surface area contributed by atoms with Crippen LogP contribution in [0.25, 0.3) is 11.3 Å². The second-order valence-corrected chi connectivity index (χ2v) is 8.48. The third kappa shape index (κ3) is 7.15. The molecule has 3 heterocycles. The Morgan fingerprint density at radius 3 is 2.43 bits per heavy atom. The number of imidazole rings is 1. The number of likely N-dealkylation sites (tertiary alicyclic amines) is 1. The quantitative estimate of drug-likeness (QED) is 0.450. The molecule has 0 saturated carbocycles. The van der Waals surface area contributed by atoms with Crippen LogP contribution in [0.5, 0.6) is 0 Å². The number of halogens is 7. The topological polar surface area (TPSA) is 70.4 Å². The lowest BCUT2D eigenvalue weighted by Crippen LogP contribution is -2.45. The van der Waals surface area contributed by atoms with E-state index >= 15 is 0 Å². The molecule has 198 valence electrons. The van der Waals surface area contributed by atoms with Gasteiger partial charge in [-0.2, -0.15) is 13.2 Å². The lowest BCUT2D eigenvalue weighted by molar-refractivity contribution is -0.139. The molecule has 1 amide bonds. The smallest absolute Gasteiger partial charge is 0.419 e. The van der Waals surface area contributed by atoms with E-state index in [0.29, 0.717) is 18.8 Å². The highest BCUT2D eigenvalue weighted by Crippen LogP contribution is 2.35. The van der Waals surface area contributed by atoms with Crippen molar-refractivity contribution in [2.75, 3.05) is 19.6 Å². The molecule has 6 nitrogen and oxygen atoms in total. The average molecular weight is 564 g/mol. The molecule has 2 aliphatic heterocycles. The first-order chi connectivity index (χ1) is 15.2. The Labute approximate surface area is 219 Å². The summed E-state index contributed by atoms with van der Waals surface area (Å²) in [6.45, 7) is 2.49. The van der Waals surface area contributed by atoms with Gasteiger partial charge in [0.2, 0.25) is 0 Å². The van der Waals surface area contributed by atoms with Crippen LogP contribution in [0.4, 0.5) is 22.4 Å². The molecule has 4 rings (SSSR count). The lowest BCUT2D eigenvalue weighted by atomic mass is 9.96. The largest absolute Gasteiger partial charge is 0.465 e. The van der Waals surface area contributed by atoms with Gasteiger partial charge in [-0.05, 0) is 63.4 Å². The van der Waals surface area contributed by atoms with Crippen molar-refractivity contribution in [1.29, 1.82) is 0 Å². The van der Waals surface area contributed by atoms with Gasteiger partial charge in [0.05, 0.1) is 17.3 Å². The van der Waals surface area contributed by atoms with Crippen LogP contribution >= 0.6 is 37.2 Å². The molecule has 1 aromatic heterocycles. The molecule has 0 radical (unpaired) electrons. The Balaban J connectivity index is 0.00000204. The molecule has 2 aromatic rings. The summed E-state index contributed by atoms with van der Waals surface area (Å²) in [4.78, 5) is 17.8. The summed E-state index contributed by atoms with van der Waals surface area (Å²) in [7, 11) is 0. The Bertz CT molecular complexity index is 984. The van der Waals surface area contributed by atoms with Gasteiger partial charge in [-0.3, -0.25) is 0 Å². The summed E-state index contributed by atoms with van der Waals surface area (Å²) in [6.07, 6.45) is 0.0408. The number of rotatable bonds is 4. The van der Waals surface area contributed by atoms with Crippen LogP contribution in [0.1, 0.15) is 49.4 Å². The van der Waals surface area contributed by atoms with Crippen LogP contribution in [0.3, 0.4) is 0 Å². The summed E-state index contributed by atoms with van der Waals surface area (Å²) in [5, 5.41) is 12.9. The SMILES string of the molecule is Cl.Cl.Cl.O=C(O)N1CCCCC1Cn1cc(-c2ccc(F)c(C(F)(F)F)c2)nc1C1CCNCC1. The van der Waals surface area contributed by atoms with Crippen LogP contribution in [0, 0.1) is 5.82 Å². The zero-order chi connectivity index (χ0) is 22.9. The predicted octanol–water partition coefficient (Wildman–Crippen LogP) is 5.97. The van der Waals surface area contributed by atoms with Gasteiger partial charge in [0.25, 0.3) is 0 Å².